The van der Waals surface area contributed by atoms with Crippen molar-refractivity contribution in [2.75, 3.05) is 17.6 Å². The van der Waals surface area contributed by atoms with Crippen LogP contribution in [0.25, 0.3) is 0 Å². The van der Waals surface area contributed by atoms with E-state index in [1.165, 1.54) is 5.56 Å². The molecule has 0 bridgehead atoms. The predicted molar refractivity (Wildman–Crippen MR) is 130 cm³/mol. The fraction of sp³-hybridized carbons (Fsp3) is 0.200. The van der Waals surface area contributed by atoms with E-state index < -0.39 is 0 Å². The van der Waals surface area contributed by atoms with E-state index in [9.17, 15) is 9.59 Å². The second-order valence-corrected chi connectivity index (χ2v) is 9.45. The number of hydrogen-bond acceptors (Lipinski definition) is 3. The third-order valence-corrected chi connectivity index (χ3v) is 7.47. The van der Waals surface area contributed by atoms with Gasteiger partial charge in [-0.25, -0.2) is 0 Å². The number of nitrogens with zero attached hydrogens (tertiary/aromatic N) is 1. The molecule has 0 spiro atoms. The first kappa shape index (κ1) is 21.7. The summed E-state index contributed by atoms with van der Waals surface area (Å²) in [5.74, 6) is 0.507. The predicted octanol–water partition coefficient (Wildman–Crippen LogP) is 5.83. The molecule has 1 heterocycles. The first-order valence-electron chi connectivity index (χ1n) is 10.1. The summed E-state index contributed by atoms with van der Waals surface area (Å²) in [4.78, 5) is 27.0. The third-order valence-electron chi connectivity index (χ3n) is 5.33. The Labute approximate surface area is 195 Å². The maximum Gasteiger partial charge on any atom is 0.255 e. The van der Waals surface area contributed by atoms with E-state index in [4.69, 9.17) is 0 Å². The second kappa shape index (κ2) is 9.71. The Bertz CT molecular complexity index is 1090. The zero-order valence-electron chi connectivity index (χ0n) is 17.2. The molecule has 0 aliphatic carbocycles. The van der Waals surface area contributed by atoms with Gasteiger partial charge in [0.25, 0.3) is 5.91 Å². The van der Waals surface area contributed by atoms with Gasteiger partial charge >= 0.3 is 0 Å². The Morgan fingerprint density at radius 3 is 2.55 bits per heavy atom. The van der Waals surface area contributed by atoms with Crippen molar-refractivity contribution in [2.24, 2.45) is 0 Å². The fourth-order valence-corrected chi connectivity index (χ4v) is 5.06. The molecule has 1 N–H and O–H groups in total. The van der Waals surface area contributed by atoms with Gasteiger partial charge in [-0.1, -0.05) is 58.4 Å². The van der Waals surface area contributed by atoms with E-state index >= 15 is 0 Å². The molecule has 1 aliphatic rings. The first-order valence-corrected chi connectivity index (χ1v) is 12.0. The number of nitrogens with one attached hydrogen (secondary N) is 1. The van der Waals surface area contributed by atoms with Crippen LogP contribution in [-0.4, -0.2) is 29.0 Å². The molecule has 4 rings (SSSR count). The van der Waals surface area contributed by atoms with Gasteiger partial charge in [0, 0.05) is 22.3 Å². The lowest BCUT2D eigenvalue weighted by molar-refractivity contribution is -0.128. The van der Waals surface area contributed by atoms with Gasteiger partial charge in [0.15, 0.2) is 0 Å². The standard InChI is InChI=1S/C25H23BrN2O2S/c1-17-15-21(11-12-22(17)26)27-24(30)19-7-9-20(10-8-19)25-28(23(29)16-31-25)14-13-18-5-3-2-4-6-18/h2-12,15,25H,13-14,16H2,1H3,(H,27,30)/t25-/m0/s1. The average molecular weight is 495 g/mol. The number of carbonyl (C=O) groups excluding carboxylic acids is 2. The van der Waals surface area contributed by atoms with E-state index in [-0.39, 0.29) is 17.2 Å². The van der Waals surface area contributed by atoms with E-state index in [0.29, 0.717) is 17.9 Å². The smallest absolute Gasteiger partial charge is 0.255 e. The molecule has 0 aromatic heterocycles. The minimum atomic E-state index is -0.149. The summed E-state index contributed by atoms with van der Waals surface area (Å²) in [6.45, 7) is 2.67. The number of benzene rings is 3. The van der Waals surface area contributed by atoms with Crippen LogP contribution < -0.4 is 5.32 Å². The van der Waals surface area contributed by atoms with Gasteiger partial charge in [0.1, 0.15) is 5.37 Å². The molecule has 0 radical (unpaired) electrons. The van der Waals surface area contributed by atoms with Crippen molar-refractivity contribution in [1.29, 1.82) is 0 Å². The maximum atomic E-state index is 12.6. The number of anilines is 1. The minimum Gasteiger partial charge on any atom is -0.326 e. The molecule has 3 aromatic carbocycles. The molecule has 158 valence electrons. The number of hydrogen-bond donors (Lipinski definition) is 1. The van der Waals surface area contributed by atoms with Gasteiger partial charge in [-0.15, -0.1) is 11.8 Å². The number of aryl methyl sites for hydroxylation is 1. The molecule has 4 nitrogen and oxygen atoms in total. The molecule has 1 fully saturated rings. The van der Waals surface area contributed by atoms with E-state index in [0.717, 1.165) is 27.7 Å². The summed E-state index contributed by atoms with van der Waals surface area (Å²) < 4.78 is 1.01. The number of amides is 2. The average Bonchev–Trinajstić information content (AvgIpc) is 3.16. The lowest BCUT2D eigenvalue weighted by Gasteiger charge is -2.24. The van der Waals surface area contributed by atoms with Gasteiger partial charge in [-0.05, 0) is 60.4 Å². The highest BCUT2D eigenvalue weighted by Crippen LogP contribution is 2.38. The van der Waals surface area contributed by atoms with Crippen LogP contribution in [0.15, 0.2) is 77.3 Å². The molecule has 0 unspecified atom stereocenters. The molecule has 1 aliphatic heterocycles. The van der Waals surface area contributed by atoms with Gasteiger partial charge in [-0.2, -0.15) is 0 Å². The van der Waals surface area contributed by atoms with Crippen LogP contribution in [0.3, 0.4) is 0 Å². The Kier molecular flexibility index (Phi) is 6.78. The Balaban J connectivity index is 1.43. The zero-order chi connectivity index (χ0) is 21.8. The Hall–Kier alpha value is -2.57. The van der Waals surface area contributed by atoms with Crippen molar-refractivity contribution in [1.82, 2.24) is 4.90 Å². The van der Waals surface area contributed by atoms with E-state index in [1.807, 2.05) is 72.5 Å². The number of carbonyl (C=O) groups is 2. The highest BCUT2D eigenvalue weighted by Gasteiger charge is 2.32. The van der Waals surface area contributed by atoms with Crippen LogP contribution in [0.1, 0.15) is 32.4 Å². The highest BCUT2D eigenvalue weighted by atomic mass is 79.9. The molecule has 1 saturated heterocycles. The molecule has 1 atom stereocenters. The van der Waals surface area contributed by atoms with Crippen LogP contribution in [0, 0.1) is 6.92 Å². The van der Waals surface area contributed by atoms with Crippen molar-refractivity contribution >= 4 is 45.2 Å². The monoisotopic (exact) mass is 494 g/mol. The molecule has 6 heteroatoms. The second-order valence-electron chi connectivity index (χ2n) is 7.53. The minimum absolute atomic E-state index is 0.0116. The van der Waals surface area contributed by atoms with Crippen molar-refractivity contribution in [2.45, 2.75) is 18.7 Å². The molecule has 3 aromatic rings. The third kappa shape index (κ3) is 5.20. The lowest BCUT2D eigenvalue weighted by atomic mass is 10.1. The first-order chi connectivity index (χ1) is 15.0. The summed E-state index contributed by atoms with van der Waals surface area (Å²) in [5, 5.41) is 2.93. The number of thioether (sulfide) groups is 1. The Morgan fingerprint density at radius 1 is 1.10 bits per heavy atom. The van der Waals surface area contributed by atoms with Crippen LogP contribution >= 0.6 is 27.7 Å². The van der Waals surface area contributed by atoms with Crippen molar-refractivity contribution in [3.63, 3.8) is 0 Å². The summed E-state index contributed by atoms with van der Waals surface area (Å²) in [5.41, 5.74) is 4.68. The maximum absolute atomic E-state index is 12.6. The summed E-state index contributed by atoms with van der Waals surface area (Å²) in [7, 11) is 0. The lowest BCUT2D eigenvalue weighted by Crippen LogP contribution is -2.30. The topological polar surface area (TPSA) is 49.4 Å². The largest absolute Gasteiger partial charge is 0.326 e. The Morgan fingerprint density at radius 2 is 1.84 bits per heavy atom. The van der Waals surface area contributed by atoms with Gasteiger partial charge in [0.05, 0.1) is 5.75 Å². The van der Waals surface area contributed by atoms with Crippen molar-refractivity contribution in [3.8, 4) is 0 Å². The van der Waals surface area contributed by atoms with Gasteiger partial charge in [-0.3, -0.25) is 9.59 Å². The zero-order valence-corrected chi connectivity index (χ0v) is 19.6. The van der Waals surface area contributed by atoms with Crippen LogP contribution in [0.5, 0.6) is 0 Å². The highest BCUT2D eigenvalue weighted by molar-refractivity contribution is 9.10. The molecule has 31 heavy (non-hydrogen) atoms. The van der Waals surface area contributed by atoms with Crippen molar-refractivity contribution < 1.29 is 9.59 Å². The van der Waals surface area contributed by atoms with Crippen LogP contribution in [0.2, 0.25) is 0 Å². The quantitative estimate of drug-likeness (QED) is 0.469. The molecule has 0 saturated carbocycles. The van der Waals surface area contributed by atoms with Crippen LogP contribution in [0.4, 0.5) is 5.69 Å². The molecule has 2 amide bonds. The fourth-order valence-electron chi connectivity index (χ4n) is 3.59. The van der Waals surface area contributed by atoms with E-state index in [1.54, 1.807) is 11.8 Å². The summed E-state index contributed by atoms with van der Waals surface area (Å²) in [6, 6.07) is 23.5. The van der Waals surface area contributed by atoms with Gasteiger partial charge in [0.2, 0.25) is 5.91 Å². The summed E-state index contributed by atoms with van der Waals surface area (Å²) in [6.07, 6.45) is 0.830. The van der Waals surface area contributed by atoms with Crippen LogP contribution in [-0.2, 0) is 11.2 Å². The molecular weight excluding hydrogens is 472 g/mol. The molecular formula is C25H23BrN2O2S. The number of rotatable bonds is 6. The van der Waals surface area contributed by atoms with E-state index in [2.05, 4.69) is 33.4 Å². The van der Waals surface area contributed by atoms with Gasteiger partial charge < -0.3 is 10.2 Å². The summed E-state index contributed by atoms with van der Waals surface area (Å²) >= 11 is 5.11. The SMILES string of the molecule is Cc1cc(NC(=O)c2ccc([C@@H]3SCC(=O)N3CCc3ccccc3)cc2)ccc1Br. The normalized spacial score (nSPS) is 15.9. The van der Waals surface area contributed by atoms with Crippen molar-refractivity contribution in [3.05, 3.63) is 99.5 Å². The number of halogens is 1.